The van der Waals surface area contributed by atoms with Gasteiger partial charge in [0.25, 0.3) is 0 Å². The zero-order valence-electron chi connectivity index (χ0n) is 43.2. The number of carboxylic acid groups (broad SMARTS) is 4. The lowest BCUT2D eigenvalue weighted by atomic mass is 10.1. The number of hydrogen-bond acceptors (Lipinski definition) is 16. The van der Waals surface area contributed by atoms with Crippen LogP contribution in [0.3, 0.4) is 0 Å². The summed E-state index contributed by atoms with van der Waals surface area (Å²) in [6.45, 7) is 0. The lowest BCUT2D eigenvalue weighted by molar-refractivity contribution is -0.138. The van der Waals surface area contributed by atoms with Crippen molar-refractivity contribution in [2.75, 3.05) is 85.3 Å². The molecule has 0 aliphatic heterocycles. The molecule has 0 bridgehead atoms. The Kier molecular flexibility index (Phi) is 33.3. The largest absolute Gasteiger partial charge is 0.536 e. The predicted molar refractivity (Wildman–Crippen MR) is 287 cm³/mol. The van der Waals surface area contributed by atoms with Crippen molar-refractivity contribution in [2.45, 2.75) is 51.4 Å². The van der Waals surface area contributed by atoms with E-state index in [4.69, 9.17) is 73.5 Å². The van der Waals surface area contributed by atoms with E-state index in [2.05, 4.69) is 0 Å². The third kappa shape index (κ3) is 21.6. The summed E-state index contributed by atoms with van der Waals surface area (Å²) in [6, 6.07) is 29.9. The van der Waals surface area contributed by atoms with Gasteiger partial charge in [0.1, 0.15) is 0 Å². The molecule has 0 spiro atoms. The smallest absolute Gasteiger partial charge is 0.481 e. The van der Waals surface area contributed by atoms with Gasteiger partial charge >= 0.3 is 59.1 Å². The topological polar surface area (TPSA) is 260 Å². The minimum atomic E-state index is -2.78. The van der Waals surface area contributed by atoms with Gasteiger partial charge in [0.2, 0.25) is 0 Å². The maximum absolute atomic E-state index is 10.5. The fourth-order valence-corrected chi connectivity index (χ4v) is 14.0. The standard InChI is InChI=1S/4C12H18O5Si.H4Si/c4*1-15-18(16-2,17-3)11-7-4-10(5-8-11)6-9-12(13)14;/h4*4-5,7-8H,6,9H2,1-3H3,(H,13,14);1H4. The monoisotopic (exact) mass is 1110 g/mol. The van der Waals surface area contributed by atoms with E-state index in [1.165, 1.54) is 0 Å². The first-order chi connectivity index (χ1) is 34.3. The number of aliphatic carboxylic acids is 4. The molecule has 0 amide bonds. The van der Waals surface area contributed by atoms with E-state index in [1.807, 2.05) is 97.1 Å². The first-order valence-electron chi connectivity index (χ1n) is 22.2. The summed E-state index contributed by atoms with van der Waals surface area (Å²) in [4.78, 5) is 41.9. The van der Waals surface area contributed by atoms with Crippen LogP contribution in [-0.4, -0.2) is 176 Å². The zero-order chi connectivity index (χ0) is 54.4. The molecule has 0 radical (unpaired) electrons. The summed E-state index contributed by atoms with van der Waals surface area (Å²) in [5, 5.41) is 37.9. The Morgan fingerprint density at radius 2 is 0.411 bits per heavy atom. The van der Waals surface area contributed by atoms with E-state index in [-0.39, 0.29) is 36.6 Å². The second-order valence-electron chi connectivity index (χ2n) is 15.0. The average molecular weight is 1110 g/mol. The highest BCUT2D eigenvalue weighted by Crippen LogP contribution is 2.13. The van der Waals surface area contributed by atoms with E-state index >= 15 is 0 Å². The van der Waals surface area contributed by atoms with Gasteiger partial charge in [-0.05, 0) is 58.9 Å². The van der Waals surface area contributed by atoms with E-state index in [0.717, 1.165) is 43.0 Å². The maximum Gasteiger partial charge on any atom is 0.536 e. The van der Waals surface area contributed by atoms with Gasteiger partial charge in [-0.25, -0.2) is 0 Å². The van der Waals surface area contributed by atoms with E-state index < -0.39 is 59.1 Å². The van der Waals surface area contributed by atoms with Gasteiger partial charge in [-0.2, -0.15) is 0 Å². The highest BCUT2D eigenvalue weighted by atomic mass is 28.4. The lowest BCUT2D eigenvalue weighted by Gasteiger charge is -2.24. The Morgan fingerprint density at radius 1 is 0.288 bits per heavy atom. The van der Waals surface area contributed by atoms with Crippen LogP contribution < -0.4 is 20.7 Å². The first kappa shape index (κ1) is 68.4. The number of aryl methyl sites for hydroxylation is 4. The van der Waals surface area contributed by atoms with Gasteiger partial charge in [0, 0.05) is 132 Å². The van der Waals surface area contributed by atoms with E-state index in [1.54, 1.807) is 85.3 Å². The van der Waals surface area contributed by atoms with Crippen molar-refractivity contribution >= 4 is 90.8 Å². The van der Waals surface area contributed by atoms with Crippen molar-refractivity contribution in [3.63, 3.8) is 0 Å². The molecule has 0 aliphatic rings. The van der Waals surface area contributed by atoms with Crippen molar-refractivity contribution in [1.29, 1.82) is 0 Å². The van der Waals surface area contributed by atoms with Crippen molar-refractivity contribution in [2.24, 2.45) is 0 Å². The summed E-state index contributed by atoms with van der Waals surface area (Å²) in [5.74, 6) is -3.19. The van der Waals surface area contributed by atoms with Crippen LogP contribution in [0.2, 0.25) is 0 Å². The molecule has 4 aromatic carbocycles. The molecule has 25 heteroatoms. The normalized spacial score (nSPS) is 11.3. The molecule has 0 heterocycles. The fraction of sp³-hybridized carbons (Fsp3) is 0.417. The number of carbonyl (C=O) groups is 4. The maximum atomic E-state index is 10.5. The number of hydrogen-bond donors (Lipinski definition) is 4. The van der Waals surface area contributed by atoms with Crippen LogP contribution in [-0.2, 0) is 98.0 Å². The third-order valence-electron chi connectivity index (χ3n) is 11.0. The molecule has 0 aromatic heterocycles. The van der Waals surface area contributed by atoms with Gasteiger partial charge < -0.3 is 73.5 Å². The van der Waals surface area contributed by atoms with Crippen LogP contribution >= 0.6 is 0 Å². The molecule has 0 aliphatic carbocycles. The minimum absolute atomic E-state index is 0. The van der Waals surface area contributed by atoms with Crippen molar-refractivity contribution in [3.05, 3.63) is 119 Å². The van der Waals surface area contributed by atoms with Gasteiger partial charge in [-0.15, -0.1) is 0 Å². The molecular formula is C48H76O20Si5. The molecule has 0 atom stereocenters. The second-order valence-corrected chi connectivity index (χ2v) is 26.7. The Bertz CT molecular complexity index is 1820. The Hall–Kier alpha value is -4.64. The van der Waals surface area contributed by atoms with Gasteiger partial charge in [0.05, 0.1) is 0 Å². The summed E-state index contributed by atoms with van der Waals surface area (Å²) >= 11 is 0. The van der Waals surface area contributed by atoms with E-state index in [9.17, 15) is 19.2 Å². The van der Waals surface area contributed by atoms with Crippen molar-refractivity contribution in [1.82, 2.24) is 0 Å². The zero-order valence-corrected chi connectivity index (χ0v) is 47.2. The molecule has 4 rings (SSSR count). The number of benzene rings is 4. The Labute approximate surface area is 437 Å². The molecule has 0 saturated carbocycles. The van der Waals surface area contributed by atoms with E-state index in [0.29, 0.717) is 25.7 Å². The van der Waals surface area contributed by atoms with Crippen LogP contribution in [0.4, 0.5) is 0 Å². The highest BCUT2D eigenvalue weighted by molar-refractivity contribution is 6.76. The van der Waals surface area contributed by atoms with Crippen LogP contribution in [0.5, 0.6) is 0 Å². The van der Waals surface area contributed by atoms with Crippen LogP contribution in [0.25, 0.3) is 0 Å². The highest BCUT2D eigenvalue weighted by Gasteiger charge is 2.43. The van der Waals surface area contributed by atoms with Crippen LogP contribution in [0.1, 0.15) is 47.9 Å². The second kappa shape index (κ2) is 35.5. The Morgan fingerprint density at radius 3 is 0.507 bits per heavy atom. The van der Waals surface area contributed by atoms with Gasteiger partial charge in [-0.3, -0.25) is 19.2 Å². The van der Waals surface area contributed by atoms with Gasteiger partial charge in [0.15, 0.2) is 0 Å². The average Bonchev–Trinajstić information content (AvgIpc) is 3.40. The van der Waals surface area contributed by atoms with Crippen LogP contribution in [0.15, 0.2) is 97.1 Å². The lowest BCUT2D eigenvalue weighted by Crippen LogP contribution is -2.54. The SMILES string of the molecule is CO[Si](OC)(OC)c1ccc(CCC(=O)O)cc1.CO[Si](OC)(OC)c1ccc(CCC(=O)O)cc1.CO[Si](OC)(OC)c1ccc(CCC(=O)O)cc1.CO[Si](OC)(OC)c1ccc(CCC(=O)O)cc1.[SiH4]. The molecule has 408 valence electrons. The Balaban J connectivity index is 0.000000943. The molecular weight excluding hydrogens is 1040 g/mol. The summed E-state index contributed by atoms with van der Waals surface area (Å²) in [6.07, 6.45) is 2.55. The first-order valence-corrected chi connectivity index (χ1v) is 29.1. The molecule has 0 fully saturated rings. The fourth-order valence-electron chi connectivity index (χ4n) is 6.92. The minimum Gasteiger partial charge on any atom is -0.481 e. The number of rotatable bonds is 28. The molecule has 0 saturated heterocycles. The quantitative estimate of drug-likeness (QED) is 0.0590. The van der Waals surface area contributed by atoms with Gasteiger partial charge in [-0.1, -0.05) is 97.1 Å². The van der Waals surface area contributed by atoms with Crippen molar-refractivity contribution < 1.29 is 92.7 Å². The molecule has 73 heavy (non-hydrogen) atoms. The summed E-state index contributed by atoms with van der Waals surface area (Å²) in [5.41, 5.74) is 3.86. The molecule has 0 unspecified atom stereocenters. The van der Waals surface area contributed by atoms with Crippen LogP contribution in [0, 0.1) is 0 Å². The summed E-state index contributed by atoms with van der Waals surface area (Å²) < 4.78 is 64.3. The molecule has 4 aromatic rings. The predicted octanol–water partition coefficient (Wildman–Crippen LogP) is 1.70. The number of carboxylic acids is 4. The van der Waals surface area contributed by atoms with Crippen molar-refractivity contribution in [3.8, 4) is 0 Å². The molecule has 4 N–H and O–H groups in total. The third-order valence-corrected chi connectivity index (χ3v) is 21.6. The summed E-state index contributed by atoms with van der Waals surface area (Å²) in [7, 11) is 7.53. The molecule has 20 nitrogen and oxygen atoms in total.